The Balaban J connectivity index is 1.96. The molecule has 3 aromatic rings. The van der Waals surface area contributed by atoms with E-state index >= 15 is 0 Å². The minimum atomic E-state index is 1.02. The van der Waals surface area contributed by atoms with E-state index in [9.17, 15) is 0 Å². The molecule has 0 saturated heterocycles. The van der Waals surface area contributed by atoms with Gasteiger partial charge in [0.1, 0.15) is 0 Å². The Labute approximate surface area is 142 Å². The topological polar surface area (TPSA) is 17.8 Å². The van der Waals surface area contributed by atoms with E-state index < -0.39 is 0 Å². The molecule has 0 fully saturated rings. The Hall–Kier alpha value is -2.00. The average Bonchev–Trinajstić information content (AvgIpc) is 3.04. The molecule has 1 heterocycles. The highest BCUT2D eigenvalue weighted by Crippen LogP contribution is 2.31. The molecule has 0 saturated carbocycles. The van der Waals surface area contributed by atoms with Crippen LogP contribution in [0.15, 0.2) is 67.0 Å². The van der Waals surface area contributed by atoms with Gasteiger partial charge >= 0.3 is 0 Å². The second-order valence-electron chi connectivity index (χ2n) is 5.57. The molecular formula is C20H22N2S. The standard InChI is InChI=1S/C20H22N2S/c1-23-15-9-8-14-22-16-21-19(17-10-4-2-5-11-17)20(22)18-12-6-3-7-13-18/h2-7,10-13,16H,8-9,14-15H2,1H3. The van der Waals surface area contributed by atoms with Crippen LogP contribution in [-0.2, 0) is 6.54 Å². The predicted octanol–water partition coefficient (Wildman–Crippen LogP) is 5.36. The summed E-state index contributed by atoms with van der Waals surface area (Å²) in [6.45, 7) is 1.02. The van der Waals surface area contributed by atoms with Crippen molar-refractivity contribution in [3.63, 3.8) is 0 Å². The lowest BCUT2D eigenvalue weighted by molar-refractivity contribution is 0.639. The highest BCUT2D eigenvalue weighted by Gasteiger charge is 2.14. The summed E-state index contributed by atoms with van der Waals surface area (Å²) in [6, 6.07) is 21.0. The van der Waals surface area contributed by atoms with Crippen LogP contribution in [0.1, 0.15) is 12.8 Å². The van der Waals surface area contributed by atoms with E-state index in [4.69, 9.17) is 4.98 Å². The molecule has 0 unspecified atom stereocenters. The maximum absolute atomic E-state index is 4.72. The molecule has 0 bridgehead atoms. The highest BCUT2D eigenvalue weighted by molar-refractivity contribution is 7.98. The second kappa shape index (κ2) is 8.02. The number of aromatic nitrogens is 2. The number of rotatable bonds is 7. The maximum Gasteiger partial charge on any atom is 0.0963 e. The van der Waals surface area contributed by atoms with Crippen molar-refractivity contribution in [2.75, 3.05) is 12.0 Å². The zero-order valence-electron chi connectivity index (χ0n) is 13.5. The van der Waals surface area contributed by atoms with Gasteiger partial charge in [-0.25, -0.2) is 4.98 Å². The molecule has 0 amide bonds. The van der Waals surface area contributed by atoms with Gasteiger partial charge in [-0.15, -0.1) is 0 Å². The van der Waals surface area contributed by atoms with Gasteiger partial charge in [0.25, 0.3) is 0 Å². The Morgan fingerprint density at radius 2 is 1.52 bits per heavy atom. The first-order valence-electron chi connectivity index (χ1n) is 8.05. The molecule has 118 valence electrons. The van der Waals surface area contributed by atoms with E-state index in [0.717, 1.165) is 12.2 Å². The largest absolute Gasteiger partial charge is 0.330 e. The van der Waals surface area contributed by atoms with Crippen molar-refractivity contribution in [3.8, 4) is 22.5 Å². The van der Waals surface area contributed by atoms with Gasteiger partial charge in [-0.1, -0.05) is 60.7 Å². The molecule has 0 atom stereocenters. The molecule has 0 aliphatic rings. The summed E-state index contributed by atoms with van der Waals surface area (Å²) in [5.74, 6) is 1.22. The van der Waals surface area contributed by atoms with Gasteiger partial charge in [-0.05, 0) is 24.9 Å². The maximum atomic E-state index is 4.72. The summed E-state index contributed by atoms with van der Waals surface area (Å²) in [6.07, 6.45) is 6.59. The fourth-order valence-corrected chi connectivity index (χ4v) is 3.28. The lowest BCUT2D eigenvalue weighted by Gasteiger charge is -2.10. The minimum absolute atomic E-state index is 1.02. The number of hydrogen-bond acceptors (Lipinski definition) is 2. The minimum Gasteiger partial charge on any atom is -0.330 e. The first-order chi connectivity index (χ1) is 11.4. The fraction of sp³-hybridized carbons (Fsp3) is 0.250. The summed E-state index contributed by atoms with van der Waals surface area (Å²) in [5.41, 5.74) is 4.70. The summed E-state index contributed by atoms with van der Waals surface area (Å²) in [5, 5.41) is 0. The number of unbranched alkanes of at least 4 members (excludes halogenated alkanes) is 1. The molecule has 2 nitrogen and oxygen atoms in total. The first-order valence-corrected chi connectivity index (χ1v) is 9.44. The summed E-state index contributed by atoms with van der Waals surface area (Å²) in [7, 11) is 0. The van der Waals surface area contributed by atoms with Crippen molar-refractivity contribution in [1.29, 1.82) is 0 Å². The number of benzene rings is 2. The lowest BCUT2D eigenvalue weighted by atomic mass is 10.0. The second-order valence-corrected chi connectivity index (χ2v) is 6.55. The average molecular weight is 322 g/mol. The van der Waals surface area contributed by atoms with Crippen LogP contribution in [0, 0.1) is 0 Å². The number of thioether (sulfide) groups is 1. The van der Waals surface area contributed by atoms with Crippen LogP contribution >= 0.6 is 11.8 Å². The number of hydrogen-bond donors (Lipinski definition) is 0. The normalized spacial score (nSPS) is 10.8. The van der Waals surface area contributed by atoms with E-state index in [1.54, 1.807) is 0 Å². The number of nitrogens with zero attached hydrogens (tertiary/aromatic N) is 2. The molecule has 0 spiro atoms. The smallest absolute Gasteiger partial charge is 0.0963 e. The Morgan fingerprint density at radius 1 is 0.870 bits per heavy atom. The zero-order chi connectivity index (χ0) is 15.9. The zero-order valence-corrected chi connectivity index (χ0v) is 14.3. The highest BCUT2D eigenvalue weighted by atomic mass is 32.2. The van der Waals surface area contributed by atoms with E-state index in [2.05, 4.69) is 65.4 Å². The van der Waals surface area contributed by atoms with Crippen molar-refractivity contribution in [1.82, 2.24) is 9.55 Å². The molecule has 3 rings (SSSR count). The fourth-order valence-electron chi connectivity index (χ4n) is 2.79. The van der Waals surface area contributed by atoms with E-state index in [-0.39, 0.29) is 0 Å². The quantitative estimate of drug-likeness (QED) is 0.545. The van der Waals surface area contributed by atoms with Crippen LogP contribution in [0.2, 0.25) is 0 Å². The van der Waals surface area contributed by atoms with E-state index in [1.165, 1.54) is 35.4 Å². The SMILES string of the molecule is CSCCCCn1cnc(-c2ccccc2)c1-c1ccccc1. The van der Waals surface area contributed by atoms with Crippen LogP contribution in [0.25, 0.3) is 22.5 Å². The Kier molecular flexibility index (Phi) is 5.54. The summed E-state index contributed by atoms with van der Waals surface area (Å²) < 4.78 is 2.30. The van der Waals surface area contributed by atoms with Gasteiger partial charge in [0.15, 0.2) is 0 Å². The van der Waals surface area contributed by atoms with E-state index in [1.807, 2.05) is 24.2 Å². The number of imidazole rings is 1. The van der Waals surface area contributed by atoms with Gasteiger partial charge in [-0.3, -0.25) is 0 Å². The van der Waals surface area contributed by atoms with Crippen LogP contribution in [-0.4, -0.2) is 21.6 Å². The van der Waals surface area contributed by atoms with Crippen LogP contribution in [0.5, 0.6) is 0 Å². The van der Waals surface area contributed by atoms with Crippen molar-refractivity contribution in [2.45, 2.75) is 19.4 Å². The van der Waals surface area contributed by atoms with Crippen LogP contribution < -0.4 is 0 Å². The molecule has 0 aliphatic carbocycles. The molecule has 2 aromatic carbocycles. The van der Waals surface area contributed by atoms with Crippen molar-refractivity contribution < 1.29 is 0 Å². The van der Waals surface area contributed by atoms with Gasteiger partial charge in [0.05, 0.1) is 17.7 Å². The lowest BCUT2D eigenvalue weighted by Crippen LogP contribution is -2.00. The third-order valence-electron chi connectivity index (χ3n) is 3.93. The molecule has 3 heteroatoms. The molecule has 23 heavy (non-hydrogen) atoms. The molecule has 0 N–H and O–H groups in total. The summed E-state index contributed by atoms with van der Waals surface area (Å²) >= 11 is 1.91. The van der Waals surface area contributed by atoms with Gasteiger partial charge in [0, 0.05) is 17.7 Å². The van der Waals surface area contributed by atoms with Crippen LogP contribution in [0.4, 0.5) is 0 Å². The Bertz CT molecular complexity index is 720. The van der Waals surface area contributed by atoms with Gasteiger partial charge in [0.2, 0.25) is 0 Å². The molecule has 0 radical (unpaired) electrons. The van der Waals surface area contributed by atoms with Crippen molar-refractivity contribution >= 4 is 11.8 Å². The molecule has 1 aromatic heterocycles. The van der Waals surface area contributed by atoms with E-state index in [0.29, 0.717) is 0 Å². The third kappa shape index (κ3) is 3.85. The molecular weight excluding hydrogens is 300 g/mol. The predicted molar refractivity (Wildman–Crippen MR) is 101 cm³/mol. The van der Waals surface area contributed by atoms with Crippen molar-refractivity contribution in [2.24, 2.45) is 0 Å². The Morgan fingerprint density at radius 3 is 2.17 bits per heavy atom. The van der Waals surface area contributed by atoms with Crippen LogP contribution in [0.3, 0.4) is 0 Å². The third-order valence-corrected chi connectivity index (χ3v) is 4.63. The van der Waals surface area contributed by atoms with Crippen molar-refractivity contribution in [3.05, 3.63) is 67.0 Å². The van der Waals surface area contributed by atoms with Gasteiger partial charge < -0.3 is 4.57 Å². The summed E-state index contributed by atoms with van der Waals surface area (Å²) in [4.78, 5) is 4.72. The monoisotopic (exact) mass is 322 g/mol. The number of aryl methyl sites for hydroxylation is 1. The molecule has 0 aliphatic heterocycles. The first kappa shape index (κ1) is 15.9. The van der Waals surface area contributed by atoms with Gasteiger partial charge in [-0.2, -0.15) is 11.8 Å².